The normalized spacial score (nSPS) is 34.3. The highest BCUT2D eigenvalue weighted by Gasteiger charge is 2.60. The molecule has 0 radical (unpaired) electrons. The van der Waals surface area contributed by atoms with Gasteiger partial charge in [-0.25, -0.2) is 0 Å². The molecule has 2 saturated heterocycles. The van der Waals surface area contributed by atoms with Gasteiger partial charge in [0.1, 0.15) is 0 Å². The van der Waals surface area contributed by atoms with Crippen LogP contribution in [-0.4, -0.2) is 17.3 Å². The maximum atomic E-state index is 6.40. The molecule has 3 rings (SSSR count). The van der Waals surface area contributed by atoms with E-state index in [0.717, 1.165) is 30.4 Å². The van der Waals surface area contributed by atoms with Crippen molar-refractivity contribution in [3.63, 3.8) is 0 Å². The van der Waals surface area contributed by atoms with E-state index in [2.05, 4.69) is 26.7 Å². The van der Waals surface area contributed by atoms with E-state index >= 15 is 0 Å². The first kappa shape index (κ1) is 14.6. The third-order valence-corrected chi connectivity index (χ3v) is 5.36. The SMILES string of the molecule is C#Cc1ccccc1CO[C@H]1C[C@]2(C(C)C)CC[C@@]1(C)O2. The highest BCUT2D eigenvalue weighted by Crippen LogP contribution is 2.55. The van der Waals surface area contributed by atoms with Crippen LogP contribution in [0.5, 0.6) is 0 Å². The minimum absolute atomic E-state index is 0.0189. The molecule has 3 atom stereocenters. The molecule has 0 spiro atoms. The molecule has 0 aromatic heterocycles. The molecule has 1 aromatic rings. The van der Waals surface area contributed by atoms with Crippen molar-refractivity contribution in [2.45, 2.75) is 63.9 Å². The minimum atomic E-state index is -0.130. The molecular formula is C19H24O2. The van der Waals surface area contributed by atoms with Gasteiger partial charge in [-0.15, -0.1) is 6.42 Å². The predicted molar refractivity (Wildman–Crippen MR) is 83.9 cm³/mol. The van der Waals surface area contributed by atoms with Crippen LogP contribution in [0.2, 0.25) is 0 Å². The molecule has 2 bridgehead atoms. The molecule has 2 aliphatic heterocycles. The molecule has 112 valence electrons. The summed E-state index contributed by atoms with van der Waals surface area (Å²) in [6, 6.07) is 7.99. The Bertz CT molecular complexity index is 571. The highest BCUT2D eigenvalue weighted by molar-refractivity contribution is 5.39. The lowest BCUT2D eigenvalue weighted by molar-refractivity contribution is -0.0960. The number of rotatable bonds is 4. The van der Waals surface area contributed by atoms with E-state index in [1.807, 2.05) is 24.3 Å². The van der Waals surface area contributed by atoms with Gasteiger partial charge in [-0.05, 0) is 37.3 Å². The molecule has 0 saturated carbocycles. The van der Waals surface area contributed by atoms with E-state index in [4.69, 9.17) is 15.9 Å². The van der Waals surface area contributed by atoms with Crippen LogP contribution < -0.4 is 0 Å². The summed E-state index contributed by atoms with van der Waals surface area (Å²) in [6.45, 7) is 7.27. The third-order valence-electron chi connectivity index (χ3n) is 5.36. The second kappa shape index (κ2) is 5.16. The van der Waals surface area contributed by atoms with Crippen LogP contribution in [0.3, 0.4) is 0 Å². The first-order chi connectivity index (χ1) is 9.99. The van der Waals surface area contributed by atoms with Crippen molar-refractivity contribution in [3.8, 4) is 12.3 Å². The Labute approximate surface area is 127 Å². The van der Waals surface area contributed by atoms with Gasteiger partial charge in [-0.2, -0.15) is 0 Å². The maximum absolute atomic E-state index is 6.40. The second-order valence-electron chi connectivity index (χ2n) is 6.94. The van der Waals surface area contributed by atoms with Crippen LogP contribution in [0.25, 0.3) is 0 Å². The Balaban J connectivity index is 1.71. The fraction of sp³-hybridized carbons (Fsp3) is 0.579. The minimum Gasteiger partial charge on any atom is -0.370 e. The number of ether oxygens (including phenoxy) is 2. The van der Waals surface area contributed by atoms with Gasteiger partial charge in [0.15, 0.2) is 0 Å². The standard InChI is InChI=1S/C19H24O2/c1-5-15-8-6-7-9-16(15)13-20-17-12-19(14(2)3)11-10-18(17,4)21-19/h1,6-9,14,17H,10-13H2,2-4H3/t17-,18+,19-/m0/s1. The van der Waals surface area contributed by atoms with E-state index in [1.54, 1.807) is 0 Å². The molecule has 21 heavy (non-hydrogen) atoms. The summed E-state index contributed by atoms with van der Waals surface area (Å²) < 4.78 is 12.6. The van der Waals surface area contributed by atoms with E-state index in [0.29, 0.717) is 12.5 Å². The summed E-state index contributed by atoms with van der Waals surface area (Å²) in [6.07, 6.45) is 8.96. The largest absolute Gasteiger partial charge is 0.370 e. The predicted octanol–water partition coefficient (Wildman–Crippen LogP) is 3.92. The average molecular weight is 284 g/mol. The molecule has 2 nitrogen and oxygen atoms in total. The van der Waals surface area contributed by atoms with Crippen molar-refractivity contribution in [2.24, 2.45) is 5.92 Å². The summed E-state index contributed by atoms with van der Waals surface area (Å²) in [7, 11) is 0. The number of terminal acetylenes is 1. The van der Waals surface area contributed by atoms with Gasteiger partial charge in [0.25, 0.3) is 0 Å². The summed E-state index contributed by atoms with van der Waals surface area (Å²) in [5, 5.41) is 0. The van der Waals surface area contributed by atoms with Gasteiger partial charge in [-0.3, -0.25) is 0 Å². The molecule has 2 heterocycles. The van der Waals surface area contributed by atoms with E-state index in [9.17, 15) is 0 Å². The molecule has 2 aliphatic rings. The smallest absolute Gasteiger partial charge is 0.0924 e. The summed E-state index contributed by atoms with van der Waals surface area (Å²) in [5.41, 5.74) is 1.90. The topological polar surface area (TPSA) is 18.5 Å². The Morgan fingerprint density at radius 3 is 2.81 bits per heavy atom. The van der Waals surface area contributed by atoms with E-state index in [-0.39, 0.29) is 17.3 Å². The number of hydrogen-bond acceptors (Lipinski definition) is 2. The Morgan fingerprint density at radius 2 is 2.14 bits per heavy atom. The van der Waals surface area contributed by atoms with Crippen LogP contribution in [0, 0.1) is 18.3 Å². The number of benzene rings is 1. The molecule has 1 aromatic carbocycles. The van der Waals surface area contributed by atoms with Crippen LogP contribution >= 0.6 is 0 Å². The number of hydrogen-bond donors (Lipinski definition) is 0. The second-order valence-corrected chi connectivity index (χ2v) is 6.94. The van der Waals surface area contributed by atoms with Gasteiger partial charge in [0.2, 0.25) is 0 Å². The Morgan fingerprint density at radius 1 is 1.38 bits per heavy atom. The lowest BCUT2D eigenvalue weighted by atomic mass is 9.75. The van der Waals surface area contributed by atoms with Gasteiger partial charge < -0.3 is 9.47 Å². The van der Waals surface area contributed by atoms with Crippen molar-refractivity contribution in [3.05, 3.63) is 35.4 Å². The van der Waals surface area contributed by atoms with Crippen molar-refractivity contribution in [1.29, 1.82) is 0 Å². The summed E-state index contributed by atoms with van der Waals surface area (Å²) in [4.78, 5) is 0. The quantitative estimate of drug-likeness (QED) is 0.780. The van der Waals surface area contributed by atoms with Crippen molar-refractivity contribution < 1.29 is 9.47 Å². The zero-order valence-electron chi connectivity index (χ0n) is 13.2. The van der Waals surface area contributed by atoms with Crippen molar-refractivity contribution in [2.75, 3.05) is 0 Å². The van der Waals surface area contributed by atoms with Gasteiger partial charge in [-0.1, -0.05) is 38.0 Å². The van der Waals surface area contributed by atoms with E-state index in [1.165, 1.54) is 0 Å². The Hall–Kier alpha value is -1.30. The fourth-order valence-electron chi connectivity index (χ4n) is 3.78. The molecule has 2 heteroatoms. The Kier molecular flexibility index (Phi) is 3.59. The van der Waals surface area contributed by atoms with Gasteiger partial charge in [0, 0.05) is 12.0 Å². The van der Waals surface area contributed by atoms with Crippen LogP contribution in [0.4, 0.5) is 0 Å². The fourth-order valence-corrected chi connectivity index (χ4v) is 3.78. The van der Waals surface area contributed by atoms with E-state index < -0.39 is 0 Å². The summed E-state index contributed by atoms with van der Waals surface area (Å²) >= 11 is 0. The molecule has 0 aliphatic carbocycles. The molecular weight excluding hydrogens is 260 g/mol. The molecule has 2 fully saturated rings. The lowest BCUT2D eigenvalue weighted by Gasteiger charge is -2.31. The zero-order chi connectivity index (χ0) is 15.1. The van der Waals surface area contributed by atoms with Crippen LogP contribution in [-0.2, 0) is 16.1 Å². The third kappa shape index (κ3) is 2.39. The monoisotopic (exact) mass is 284 g/mol. The highest BCUT2D eigenvalue weighted by atomic mass is 16.6. The zero-order valence-corrected chi connectivity index (χ0v) is 13.2. The molecule has 0 amide bonds. The average Bonchev–Trinajstić information content (AvgIpc) is 2.97. The first-order valence-electron chi connectivity index (χ1n) is 7.85. The summed E-state index contributed by atoms with van der Waals surface area (Å²) in [5.74, 6) is 3.26. The molecule has 0 N–H and O–H groups in total. The molecule has 0 unspecified atom stereocenters. The maximum Gasteiger partial charge on any atom is 0.0924 e. The van der Waals surface area contributed by atoms with Gasteiger partial charge >= 0.3 is 0 Å². The van der Waals surface area contributed by atoms with Crippen LogP contribution in [0.15, 0.2) is 24.3 Å². The lowest BCUT2D eigenvalue weighted by Crippen LogP contribution is -2.38. The van der Waals surface area contributed by atoms with Crippen molar-refractivity contribution in [1.82, 2.24) is 0 Å². The first-order valence-corrected chi connectivity index (χ1v) is 7.85. The van der Waals surface area contributed by atoms with Crippen LogP contribution in [0.1, 0.15) is 51.2 Å². The van der Waals surface area contributed by atoms with Crippen molar-refractivity contribution >= 4 is 0 Å². The number of fused-ring (bicyclic) bond motifs is 2. The van der Waals surface area contributed by atoms with Gasteiger partial charge in [0.05, 0.1) is 23.9 Å².